The predicted octanol–water partition coefficient (Wildman–Crippen LogP) is 1.11. The van der Waals surface area contributed by atoms with Crippen molar-refractivity contribution in [1.82, 2.24) is 15.4 Å². The number of hydrogen-bond acceptors (Lipinski definition) is 4. The van der Waals surface area contributed by atoms with E-state index in [1.54, 1.807) is 37.4 Å². The molecule has 1 atom stereocenters. The number of pyridine rings is 1. The highest BCUT2D eigenvalue weighted by Crippen LogP contribution is 2.36. The van der Waals surface area contributed by atoms with E-state index >= 15 is 0 Å². The van der Waals surface area contributed by atoms with Gasteiger partial charge in [-0.05, 0) is 25.5 Å². The van der Waals surface area contributed by atoms with Gasteiger partial charge >= 0.3 is 5.97 Å². The molecule has 0 fully saturated rings. The van der Waals surface area contributed by atoms with Crippen molar-refractivity contribution in [1.29, 1.82) is 0 Å². The number of hydrazine groups is 1. The molecule has 0 radical (unpaired) electrons. The smallest absolute Gasteiger partial charge is 0.335 e. The van der Waals surface area contributed by atoms with Crippen molar-refractivity contribution < 1.29 is 9.90 Å². The molecule has 0 saturated carbocycles. The third-order valence-corrected chi connectivity index (χ3v) is 3.21. The molecule has 90 valence electrons. The molecule has 5 heteroatoms. The van der Waals surface area contributed by atoms with E-state index in [2.05, 4.69) is 10.4 Å². The van der Waals surface area contributed by atoms with Gasteiger partial charge in [0, 0.05) is 25.1 Å². The van der Waals surface area contributed by atoms with E-state index < -0.39 is 11.5 Å². The Kier molecular flexibility index (Phi) is 2.63. The third kappa shape index (κ3) is 1.68. The minimum atomic E-state index is -0.911. The Labute approximate surface area is 99.7 Å². The monoisotopic (exact) mass is 233 g/mol. The maximum Gasteiger partial charge on any atom is 0.335 e. The van der Waals surface area contributed by atoms with Gasteiger partial charge in [-0.1, -0.05) is 6.07 Å². The minimum absolute atomic E-state index is 0.355. The van der Waals surface area contributed by atoms with Gasteiger partial charge in [0.15, 0.2) is 0 Å². The molecule has 1 unspecified atom stereocenters. The molecule has 0 bridgehead atoms. The van der Waals surface area contributed by atoms with Crippen LogP contribution in [0, 0.1) is 0 Å². The van der Waals surface area contributed by atoms with Crippen LogP contribution in [0.5, 0.6) is 0 Å². The summed E-state index contributed by atoms with van der Waals surface area (Å²) in [5.74, 6) is -0.911. The van der Waals surface area contributed by atoms with Gasteiger partial charge in [-0.2, -0.15) is 0 Å². The first-order valence-corrected chi connectivity index (χ1v) is 5.33. The Morgan fingerprint density at radius 1 is 1.59 bits per heavy atom. The van der Waals surface area contributed by atoms with Crippen molar-refractivity contribution in [3.8, 4) is 0 Å². The summed E-state index contributed by atoms with van der Waals surface area (Å²) < 4.78 is 0. The second kappa shape index (κ2) is 3.85. The topological polar surface area (TPSA) is 65.5 Å². The van der Waals surface area contributed by atoms with Gasteiger partial charge in [-0.15, -0.1) is 0 Å². The first kappa shape index (κ1) is 11.6. The minimum Gasteiger partial charge on any atom is -0.478 e. The van der Waals surface area contributed by atoms with Gasteiger partial charge in [0.05, 0.1) is 11.1 Å². The summed E-state index contributed by atoms with van der Waals surface area (Å²) in [6.45, 7) is 3.64. The number of nitrogens with one attached hydrogen (secondary N) is 1. The molecule has 1 aromatic heterocycles. The molecule has 17 heavy (non-hydrogen) atoms. The highest BCUT2D eigenvalue weighted by molar-refractivity contribution is 5.91. The van der Waals surface area contributed by atoms with E-state index in [0.29, 0.717) is 11.3 Å². The zero-order chi connectivity index (χ0) is 12.6. The largest absolute Gasteiger partial charge is 0.478 e. The lowest BCUT2D eigenvalue weighted by Gasteiger charge is -2.27. The number of hydrogen-bond donors (Lipinski definition) is 2. The summed E-state index contributed by atoms with van der Waals surface area (Å²) in [7, 11) is 1.81. The Hall–Kier alpha value is -1.88. The summed E-state index contributed by atoms with van der Waals surface area (Å²) >= 11 is 0. The SMILES string of the molecule is CC1=C(C(=O)O)C(C)(c2cccnc2)NN1C. The lowest BCUT2D eigenvalue weighted by molar-refractivity contribution is -0.133. The molecule has 0 aromatic carbocycles. The molecule has 1 aromatic rings. The van der Waals surface area contributed by atoms with Crippen molar-refractivity contribution in [3.05, 3.63) is 41.4 Å². The van der Waals surface area contributed by atoms with Gasteiger partial charge < -0.3 is 10.1 Å². The van der Waals surface area contributed by atoms with Crippen LogP contribution in [0.15, 0.2) is 35.8 Å². The van der Waals surface area contributed by atoms with Crippen LogP contribution >= 0.6 is 0 Å². The summed E-state index contributed by atoms with van der Waals surface area (Å²) in [4.78, 5) is 15.4. The number of allylic oxidation sites excluding steroid dienone is 1. The van der Waals surface area contributed by atoms with Crippen molar-refractivity contribution in [2.75, 3.05) is 7.05 Å². The highest BCUT2D eigenvalue weighted by Gasteiger charge is 2.43. The molecular weight excluding hydrogens is 218 g/mol. The van der Waals surface area contributed by atoms with Crippen LogP contribution in [-0.2, 0) is 10.3 Å². The fraction of sp³-hybridized carbons (Fsp3) is 0.333. The molecule has 2 N–H and O–H groups in total. The fourth-order valence-corrected chi connectivity index (χ4v) is 2.24. The fourth-order valence-electron chi connectivity index (χ4n) is 2.24. The van der Waals surface area contributed by atoms with Crippen LogP contribution < -0.4 is 5.43 Å². The van der Waals surface area contributed by atoms with Crippen LogP contribution in [0.1, 0.15) is 19.4 Å². The Balaban J connectivity index is 2.56. The Bertz CT molecular complexity index is 484. The summed E-state index contributed by atoms with van der Waals surface area (Å²) in [6.07, 6.45) is 3.35. The van der Waals surface area contributed by atoms with Gasteiger partial charge in [0.25, 0.3) is 0 Å². The van der Waals surface area contributed by atoms with Crippen molar-refractivity contribution in [3.63, 3.8) is 0 Å². The number of aliphatic carboxylic acids is 1. The molecule has 0 aliphatic carbocycles. The highest BCUT2D eigenvalue weighted by atomic mass is 16.4. The van der Waals surface area contributed by atoms with Gasteiger partial charge in [-0.3, -0.25) is 4.98 Å². The van der Waals surface area contributed by atoms with Crippen molar-refractivity contribution in [2.24, 2.45) is 0 Å². The average molecular weight is 233 g/mol. The number of carboxylic acid groups (broad SMARTS) is 1. The maximum atomic E-state index is 11.4. The number of carbonyl (C=O) groups is 1. The van der Waals surface area contributed by atoms with Gasteiger partial charge in [0.1, 0.15) is 0 Å². The van der Waals surface area contributed by atoms with E-state index in [-0.39, 0.29) is 0 Å². The second-order valence-corrected chi connectivity index (χ2v) is 4.30. The van der Waals surface area contributed by atoms with E-state index in [9.17, 15) is 9.90 Å². The predicted molar refractivity (Wildman–Crippen MR) is 62.8 cm³/mol. The Morgan fingerprint density at radius 3 is 2.82 bits per heavy atom. The molecule has 2 rings (SSSR count). The number of aromatic nitrogens is 1. The van der Waals surface area contributed by atoms with Crippen LogP contribution in [0.4, 0.5) is 0 Å². The molecular formula is C12H15N3O2. The number of nitrogens with zero attached hydrogens (tertiary/aromatic N) is 2. The van der Waals surface area contributed by atoms with E-state index in [1.165, 1.54) is 0 Å². The first-order valence-electron chi connectivity index (χ1n) is 5.33. The van der Waals surface area contributed by atoms with Gasteiger partial charge in [-0.25, -0.2) is 10.2 Å². The van der Waals surface area contributed by atoms with E-state index in [0.717, 1.165) is 5.56 Å². The molecule has 2 heterocycles. The summed E-state index contributed by atoms with van der Waals surface area (Å²) in [5, 5.41) is 11.1. The summed E-state index contributed by atoms with van der Waals surface area (Å²) in [6, 6.07) is 3.67. The average Bonchev–Trinajstić information content (AvgIpc) is 2.52. The van der Waals surface area contributed by atoms with Gasteiger partial charge in [0.2, 0.25) is 0 Å². The normalized spacial score (nSPS) is 24.3. The lowest BCUT2D eigenvalue weighted by atomic mass is 9.86. The van der Waals surface area contributed by atoms with Crippen LogP contribution in [0.2, 0.25) is 0 Å². The van der Waals surface area contributed by atoms with Crippen molar-refractivity contribution >= 4 is 5.97 Å². The van der Waals surface area contributed by atoms with Crippen LogP contribution in [0.3, 0.4) is 0 Å². The van der Waals surface area contributed by atoms with E-state index in [4.69, 9.17) is 0 Å². The molecule has 1 aliphatic rings. The van der Waals surface area contributed by atoms with Crippen LogP contribution in [0.25, 0.3) is 0 Å². The number of rotatable bonds is 2. The molecule has 0 amide bonds. The summed E-state index contributed by atoms with van der Waals surface area (Å²) in [5.41, 5.74) is 4.33. The zero-order valence-corrected chi connectivity index (χ0v) is 10.1. The number of carboxylic acids is 1. The van der Waals surface area contributed by atoms with E-state index in [1.807, 2.05) is 13.0 Å². The van der Waals surface area contributed by atoms with Crippen molar-refractivity contribution in [2.45, 2.75) is 19.4 Å². The maximum absolute atomic E-state index is 11.4. The molecule has 0 spiro atoms. The third-order valence-electron chi connectivity index (χ3n) is 3.21. The van der Waals surface area contributed by atoms with Crippen LogP contribution in [-0.4, -0.2) is 28.1 Å². The molecule has 5 nitrogen and oxygen atoms in total. The second-order valence-electron chi connectivity index (χ2n) is 4.30. The zero-order valence-electron chi connectivity index (χ0n) is 10.1. The first-order chi connectivity index (χ1) is 7.97. The lowest BCUT2D eigenvalue weighted by Crippen LogP contribution is -2.43. The standard InChI is InChI=1S/C12H15N3O2/c1-8-10(11(16)17)12(2,14-15(8)3)9-5-4-6-13-7-9/h4-7,14H,1-3H3,(H,16,17). The molecule has 1 aliphatic heterocycles. The Morgan fingerprint density at radius 2 is 2.29 bits per heavy atom. The quantitative estimate of drug-likeness (QED) is 0.801. The molecule has 0 saturated heterocycles.